The number of anilines is 1. The van der Waals surface area contributed by atoms with Crippen LogP contribution < -0.4 is 16.2 Å². The predicted molar refractivity (Wildman–Crippen MR) is 53.8 cm³/mol. The van der Waals surface area contributed by atoms with Gasteiger partial charge in [-0.05, 0) is 13.0 Å². The van der Waals surface area contributed by atoms with E-state index in [9.17, 15) is 0 Å². The minimum Gasteiger partial charge on any atom is -0.481 e. The lowest BCUT2D eigenvalue weighted by molar-refractivity contribution is 0.206. The number of pyridine rings is 1. The highest BCUT2D eigenvalue weighted by Gasteiger charge is 2.27. The molecular weight excluding hydrogens is 182 g/mol. The molecule has 0 saturated heterocycles. The molecular formula is C9H15N3O2. The first-order valence-electron chi connectivity index (χ1n) is 4.21. The summed E-state index contributed by atoms with van der Waals surface area (Å²) in [6, 6.07) is 1.62. The molecule has 0 aliphatic carbocycles. The molecule has 1 atom stereocenters. The molecule has 0 amide bonds. The second-order valence-electron chi connectivity index (χ2n) is 3.36. The summed E-state index contributed by atoms with van der Waals surface area (Å²) in [5.74, 6) is 0.351. The molecule has 0 aliphatic heterocycles. The van der Waals surface area contributed by atoms with Crippen molar-refractivity contribution >= 4 is 5.69 Å². The average Bonchev–Trinajstić information content (AvgIpc) is 2.17. The highest BCUT2D eigenvalue weighted by Crippen LogP contribution is 2.30. The predicted octanol–water partition coefficient (Wildman–Crippen LogP) is -0.161. The largest absolute Gasteiger partial charge is 0.481 e. The zero-order valence-corrected chi connectivity index (χ0v) is 8.32. The van der Waals surface area contributed by atoms with Crippen LogP contribution in [0, 0.1) is 0 Å². The Morgan fingerprint density at radius 2 is 2.29 bits per heavy atom. The van der Waals surface area contributed by atoms with Gasteiger partial charge in [-0.3, -0.25) is 0 Å². The van der Waals surface area contributed by atoms with Crippen LogP contribution in [-0.2, 0) is 5.54 Å². The number of nitrogens with two attached hydrogens (primary N) is 2. The number of aromatic nitrogens is 1. The van der Waals surface area contributed by atoms with Crippen molar-refractivity contribution < 1.29 is 9.84 Å². The highest BCUT2D eigenvalue weighted by atomic mass is 16.5. The van der Waals surface area contributed by atoms with Gasteiger partial charge in [0.05, 0.1) is 24.8 Å². The summed E-state index contributed by atoms with van der Waals surface area (Å²) in [6.07, 6.45) is 1.53. The van der Waals surface area contributed by atoms with Gasteiger partial charge in [0, 0.05) is 11.9 Å². The van der Waals surface area contributed by atoms with Crippen LogP contribution in [-0.4, -0.2) is 23.8 Å². The Bertz CT molecular complexity index is 326. The van der Waals surface area contributed by atoms with Gasteiger partial charge < -0.3 is 21.3 Å². The first kappa shape index (κ1) is 10.7. The number of nitrogen functional groups attached to an aromatic ring is 1. The molecule has 0 bridgehead atoms. The minimum atomic E-state index is -0.941. The van der Waals surface area contributed by atoms with E-state index in [1.165, 1.54) is 13.3 Å². The molecule has 0 fully saturated rings. The maximum Gasteiger partial charge on any atom is 0.220 e. The van der Waals surface area contributed by atoms with E-state index in [1.54, 1.807) is 13.0 Å². The van der Waals surface area contributed by atoms with Gasteiger partial charge >= 0.3 is 0 Å². The van der Waals surface area contributed by atoms with Crippen LogP contribution >= 0.6 is 0 Å². The molecule has 5 heteroatoms. The Morgan fingerprint density at radius 3 is 2.79 bits per heavy atom. The van der Waals surface area contributed by atoms with Crippen LogP contribution in [0.25, 0.3) is 0 Å². The molecule has 0 spiro atoms. The topological polar surface area (TPSA) is 94.4 Å². The molecule has 1 heterocycles. The summed E-state index contributed by atoms with van der Waals surface area (Å²) in [6.45, 7) is 1.45. The van der Waals surface area contributed by atoms with Crippen LogP contribution in [0.5, 0.6) is 5.88 Å². The highest BCUT2D eigenvalue weighted by molar-refractivity contribution is 5.54. The summed E-state index contributed by atoms with van der Waals surface area (Å²) < 4.78 is 5.03. The van der Waals surface area contributed by atoms with Gasteiger partial charge in [0.25, 0.3) is 0 Å². The van der Waals surface area contributed by atoms with E-state index in [0.29, 0.717) is 17.1 Å². The number of hydrogen-bond donors (Lipinski definition) is 3. The molecule has 0 radical (unpaired) electrons. The molecule has 0 aromatic carbocycles. The van der Waals surface area contributed by atoms with Crippen LogP contribution in [0.2, 0.25) is 0 Å². The summed E-state index contributed by atoms with van der Waals surface area (Å²) in [5.41, 5.74) is 11.7. The van der Waals surface area contributed by atoms with Crippen LogP contribution in [0.1, 0.15) is 12.5 Å². The van der Waals surface area contributed by atoms with Gasteiger partial charge in [-0.2, -0.15) is 0 Å². The van der Waals surface area contributed by atoms with E-state index in [-0.39, 0.29) is 6.61 Å². The lowest BCUT2D eigenvalue weighted by atomic mass is 9.94. The van der Waals surface area contributed by atoms with Crippen molar-refractivity contribution in [3.8, 4) is 5.88 Å². The second kappa shape index (κ2) is 3.81. The summed E-state index contributed by atoms with van der Waals surface area (Å²) >= 11 is 0. The van der Waals surface area contributed by atoms with E-state index < -0.39 is 5.54 Å². The molecule has 0 aliphatic rings. The molecule has 5 N–H and O–H groups in total. The van der Waals surface area contributed by atoms with Crippen LogP contribution in [0.15, 0.2) is 12.3 Å². The van der Waals surface area contributed by atoms with Crippen molar-refractivity contribution in [1.82, 2.24) is 4.98 Å². The van der Waals surface area contributed by atoms with Gasteiger partial charge in [-0.1, -0.05) is 0 Å². The SMILES string of the molecule is COc1nccc(N)c1[C@](C)(N)CO. The van der Waals surface area contributed by atoms with Crippen molar-refractivity contribution in [1.29, 1.82) is 0 Å². The monoisotopic (exact) mass is 197 g/mol. The molecule has 1 aromatic heterocycles. The molecule has 14 heavy (non-hydrogen) atoms. The first-order chi connectivity index (χ1) is 6.53. The van der Waals surface area contributed by atoms with Gasteiger partial charge in [-0.15, -0.1) is 0 Å². The standard InChI is InChI=1S/C9H15N3O2/c1-9(11,5-13)7-6(10)3-4-12-8(7)14-2/h3-4,13H,5,11H2,1-2H3,(H2,10,12)/t9-/m1/s1. The van der Waals surface area contributed by atoms with E-state index in [4.69, 9.17) is 21.3 Å². The number of methoxy groups -OCH3 is 1. The van der Waals surface area contributed by atoms with E-state index >= 15 is 0 Å². The summed E-state index contributed by atoms with van der Waals surface area (Å²) in [7, 11) is 1.48. The molecule has 0 saturated carbocycles. The number of rotatable bonds is 3. The first-order valence-corrected chi connectivity index (χ1v) is 4.21. The maximum absolute atomic E-state index is 9.13. The minimum absolute atomic E-state index is 0.223. The number of hydrogen-bond acceptors (Lipinski definition) is 5. The normalized spacial score (nSPS) is 14.9. The summed E-state index contributed by atoms with van der Waals surface area (Å²) in [5, 5.41) is 9.13. The van der Waals surface area contributed by atoms with E-state index in [2.05, 4.69) is 4.98 Å². The van der Waals surface area contributed by atoms with Crippen molar-refractivity contribution in [2.75, 3.05) is 19.5 Å². The number of aliphatic hydroxyl groups excluding tert-OH is 1. The van der Waals surface area contributed by atoms with Crippen molar-refractivity contribution in [2.45, 2.75) is 12.5 Å². The maximum atomic E-state index is 9.13. The quantitative estimate of drug-likeness (QED) is 0.626. The fourth-order valence-corrected chi connectivity index (χ4v) is 1.26. The Hall–Kier alpha value is -1.33. The molecule has 0 unspecified atom stereocenters. The Balaban J connectivity index is 3.30. The lowest BCUT2D eigenvalue weighted by Gasteiger charge is -2.25. The van der Waals surface area contributed by atoms with Gasteiger partial charge in [0.2, 0.25) is 5.88 Å². The number of nitrogens with zero attached hydrogens (tertiary/aromatic N) is 1. The van der Waals surface area contributed by atoms with Gasteiger partial charge in [-0.25, -0.2) is 4.98 Å². The van der Waals surface area contributed by atoms with E-state index in [1.807, 2.05) is 0 Å². The molecule has 1 rings (SSSR count). The third-order valence-corrected chi connectivity index (χ3v) is 2.04. The Labute approximate surface area is 82.7 Å². The van der Waals surface area contributed by atoms with Crippen LogP contribution in [0.4, 0.5) is 5.69 Å². The smallest absolute Gasteiger partial charge is 0.220 e. The molecule has 1 aromatic rings. The molecule has 78 valence electrons. The van der Waals surface area contributed by atoms with Crippen molar-refractivity contribution in [2.24, 2.45) is 5.73 Å². The third kappa shape index (κ3) is 1.78. The van der Waals surface area contributed by atoms with Crippen molar-refractivity contribution in [3.63, 3.8) is 0 Å². The number of ether oxygens (including phenoxy) is 1. The zero-order valence-electron chi connectivity index (χ0n) is 8.32. The Kier molecular flexibility index (Phi) is 2.93. The zero-order chi connectivity index (χ0) is 10.8. The van der Waals surface area contributed by atoms with Gasteiger partial charge in [0.1, 0.15) is 0 Å². The van der Waals surface area contributed by atoms with Crippen LogP contribution in [0.3, 0.4) is 0 Å². The molecule has 5 nitrogen and oxygen atoms in total. The third-order valence-electron chi connectivity index (χ3n) is 2.04. The van der Waals surface area contributed by atoms with Gasteiger partial charge in [0.15, 0.2) is 0 Å². The lowest BCUT2D eigenvalue weighted by Crippen LogP contribution is -2.38. The second-order valence-corrected chi connectivity index (χ2v) is 3.36. The Morgan fingerprint density at radius 1 is 1.64 bits per heavy atom. The van der Waals surface area contributed by atoms with Crippen molar-refractivity contribution in [3.05, 3.63) is 17.8 Å². The van der Waals surface area contributed by atoms with E-state index in [0.717, 1.165) is 0 Å². The number of aliphatic hydroxyl groups is 1. The average molecular weight is 197 g/mol. The summed E-state index contributed by atoms with van der Waals surface area (Å²) in [4.78, 5) is 3.98. The fraction of sp³-hybridized carbons (Fsp3) is 0.444. The fourth-order valence-electron chi connectivity index (χ4n) is 1.26.